The summed E-state index contributed by atoms with van der Waals surface area (Å²) in [4.78, 5) is 4.31. The molecule has 0 aliphatic carbocycles. The third-order valence-electron chi connectivity index (χ3n) is 2.70. The zero-order valence-electron chi connectivity index (χ0n) is 11.0. The lowest BCUT2D eigenvalue weighted by Gasteiger charge is -2.18. The van der Waals surface area contributed by atoms with Crippen LogP contribution in [0.15, 0.2) is 42.6 Å². The van der Waals surface area contributed by atoms with Gasteiger partial charge in [0.25, 0.3) is 0 Å². The van der Waals surface area contributed by atoms with E-state index in [0.29, 0.717) is 5.88 Å². The maximum Gasteiger partial charge on any atom is 0.219 e. The normalized spacial score (nSPS) is 11.3. The highest BCUT2D eigenvalue weighted by Crippen LogP contribution is 2.25. The van der Waals surface area contributed by atoms with Crippen molar-refractivity contribution < 1.29 is 4.74 Å². The quantitative estimate of drug-likeness (QED) is 0.816. The monoisotopic (exact) mass is 242 g/mol. The molecule has 0 bridgehead atoms. The van der Waals surface area contributed by atoms with Crippen LogP contribution in [0.3, 0.4) is 0 Å². The van der Waals surface area contributed by atoms with Gasteiger partial charge in [-0.2, -0.15) is 0 Å². The van der Waals surface area contributed by atoms with Gasteiger partial charge in [-0.1, -0.05) is 26.8 Å². The summed E-state index contributed by atoms with van der Waals surface area (Å²) in [7, 11) is 0. The second-order valence-electron chi connectivity index (χ2n) is 5.31. The van der Waals surface area contributed by atoms with Crippen molar-refractivity contribution in [3.8, 4) is 11.6 Å². The van der Waals surface area contributed by atoms with Crippen LogP contribution in [0.4, 0.5) is 5.69 Å². The number of pyridine rings is 1. The van der Waals surface area contributed by atoms with Gasteiger partial charge in [0.1, 0.15) is 5.75 Å². The topological polar surface area (TPSA) is 48.1 Å². The van der Waals surface area contributed by atoms with E-state index in [1.165, 1.54) is 5.56 Å². The fourth-order valence-corrected chi connectivity index (χ4v) is 1.54. The number of anilines is 1. The molecule has 0 saturated carbocycles. The molecule has 0 saturated heterocycles. The molecule has 0 amide bonds. The molecule has 2 N–H and O–H groups in total. The predicted molar refractivity (Wildman–Crippen MR) is 73.9 cm³/mol. The number of hydrogen-bond donors (Lipinski definition) is 1. The summed E-state index contributed by atoms with van der Waals surface area (Å²) >= 11 is 0. The maximum atomic E-state index is 5.63. The summed E-state index contributed by atoms with van der Waals surface area (Å²) in [6, 6.07) is 11.2. The maximum absolute atomic E-state index is 5.63. The summed E-state index contributed by atoms with van der Waals surface area (Å²) in [5.41, 5.74) is 7.63. The average Bonchev–Trinajstić information content (AvgIpc) is 2.32. The van der Waals surface area contributed by atoms with E-state index in [2.05, 4.69) is 25.8 Å². The molecule has 0 fully saturated rings. The Labute approximate surface area is 108 Å². The molecule has 0 radical (unpaired) electrons. The Balaban J connectivity index is 2.13. The molecule has 1 aromatic carbocycles. The number of nitrogen functional groups attached to an aromatic ring is 1. The molecule has 3 heteroatoms. The van der Waals surface area contributed by atoms with Crippen LogP contribution in [0, 0.1) is 0 Å². The fourth-order valence-electron chi connectivity index (χ4n) is 1.54. The van der Waals surface area contributed by atoms with Gasteiger partial charge in [-0.05, 0) is 35.2 Å². The smallest absolute Gasteiger partial charge is 0.219 e. The van der Waals surface area contributed by atoms with Crippen LogP contribution in [0.1, 0.15) is 26.3 Å². The van der Waals surface area contributed by atoms with Crippen molar-refractivity contribution in [3.63, 3.8) is 0 Å². The number of nitrogens with two attached hydrogens (primary N) is 1. The Morgan fingerprint density at radius 1 is 1.00 bits per heavy atom. The molecule has 0 unspecified atom stereocenters. The Morgan fingerprint density at radius 2 is 1.67 bits per heavy atom. The predicted octanol–water partition coefficient (Wildman–Crippen LogP) is 3.75. The minimum atomic E-state index is 0.104. The summed E-state index contributed by atoms with van der Waals surface area (Å²) in [6.45, 7) is 6.47. The molecule has 0 aliphatic heterocycles. The summed E-state index contributed by atoms with van der Waals surface area (Å²) in [5.74, 6) is 1.33. The Morgan fingerprint density at radius 3 is 2.17 bits per heavy atom. The van der Waals surface area contributed by atoms with Crippen LogP contribution in [-0.4, -0.2) is 4.98 Å². The number of hydrogen-bond acceptors (Lipinski definition) is 3. The highest BCUT2D eigenvalue weighted by molar-refractivity contribution is 5.42. The SMILES string of the molecule is CC(C)(C)c1ccc(Oc2ccc(N)cc2)nc1. The van der Waals surface area contributed by atoms with Crippen molar-refractivity contribution in [1.29, 1.82) is 0 Å². The Kier molecular flexibility index (Phi) is 3.24. The molecule has 2 aromatic rings. The third kappa shape index (κ3) is 3.00. The van der Waals surface area contributed by atoms with Gasteiger partial charge in [0.05, 0.1) is 0 Å². The van der Waals surface area contributed by atoms with Gasteiger partial charge in [-0.3, -0.25) is 0 Å². The van der Waals surface area contributed by atoms with Crippen molar-refractivity contribution in [2.24, 2.45) is 0 Å². The second-order valence-corrected chi connectivity index (χ2v) is 5.31. The fraction of sp³-hybridized carbons (Fsp3) is 0.267. The van der Waals surface area contributed by atoms with Gasteiger partial charge in [-0.25, -0.2) is 4.98 Å². The van der Waals surface area contributed by atoms with Crippen LogP contribution in [0.5, 0.6) is 11.6 Å². The van der Waals surface area contributed by atoms with Crippen LogP contribution >= 0.6 is 0 Å². The molecule has 94 valence electrons. The lowest BCUT2D eigenvalue weighted by atomic mass is 9.88. The standard InChI is InChI=1S/C15H18N2O/c1-15(2,3)11-4-9-14(17-10-11)18-13-7-5-12(16)6-8-13/h4-10H,16H2,1-3H3. The highest BCUT2D eigenvalue weighted by Gasteiger charge is 2.13. The van der Waals surface area contributed by atoms with E-state index in [4.69, 9.17) is 10.5 Å². The van der Waals surface area contributed by atoms with E-state index >= 15 is 0 Å². The van der Waals surface area contributed by atoms with E-state index in [9.17, 15) is 0 Å². The Hall–Kier alpha value is -2.03. The minimum Gasteiger partial charge on any atom is -0.439 e. The minimum absolute atomic E-state index is 0.104. The summed E-state index contributed by atoms with van der Waals surface area (Å²) < 4.78 is 5.63. The van der Waals surface area contributed by atoms with Gasteiger partial charge < -0.3 is 10.5 Å². The molecule has 1 heterocycles. The largest absolute Gasteiger partial charge is 0.439 e. The number of rotatable bonds is 2. The molecule has 0 atom stereocenters. The number of nitrogens with zero attached hydrogens (tertiary/aromatic N) is 1. The van der Waals surface area contributed by atoms with Crippen molar-refractivity contribution in [2.45, 2.75) is 26.2 Å². The van der Waals surface area contributed by atoms with Crippen molar-refractivity contribution in [1.82, 2.24) is 4.98 Å². The summed E-state index contributed by atoms with van der Waals surface area (Å²) in [5, 5.41) is 0. The lowest BCUT2D eigenvalue weighted by molar-refractivity contribution is 0.461. The van der Waals surface area contributed by atoms with Gasteiger partial charge in [0.2, 0.25) is 5.88 Å². The van der Waals surface area contributed by atoms with E-state index < -0.39 is 0 Å². The van der Waals surface area contributed by atoms with Crippen molar-refractivity contribution in [2.75, 3.05) is 5.73 Å². The van der Waals surface area contributed by atoms with Gasteiger partial charge >= 0.3 is 0 Å². The molecule has 2 rings (SSSR count). The third-order valence-corrected chi connectivity index (χ3v) is 2.70. The van der Waals surface area contributed by atoms with Gasteiger partial charge in [0.15, 0.2) is 0 Å². The zero-order valence-corrected chi connectivity index (χ0v) is 11.0. The summed E-state index contributed by atoms with van der Waals surface area (Å²) in [6.07, 6.45) is 1.85. The van der Waals surface area contributed by atoms with Crippen LogP contribution in [0.25, 0.3) is 0 Å². The lowest BCUT2D eigenvalue weighted by Crippen LogP contribution is -2.11. The molecule has 0 aliphatic rings. The van der Waals surface area contributed by atoms with Gasteiger partial charge in [-0.15, -0.1) is 0 Å². The van der Waals surface area contributed by atoms with Crippen LogP contribution < -0.4 is 10.5 Å². The molecule has 0 spiro atoms. The first kappa shape index (κ1) is 12.4. The first-order chi connectivity index (χ1) is 8.45. The molecular formula is C15H18N2O. The van der Waals surface area contributed by atoms with E-state index in [1.54, 1.807) is 12.1 Å². The number of ether oxygens (including phenoxy) is 1. The second kappa shape index (κ2) is 4.69. The Bertz CT molecular complexity index is 510. The first-order valence-electron chi connectivity index (χ1n) is 5.95. The van der Waals surface area contributed by atoms with E-state index in [1.807, 2.05) is 30.5 Å². The average molecular weight is 242 g/mol. The first-order valence-corrected chi connectivity index (χ1v) is 5.95. The van der Waals surface area contributed by atoms with Crippen molar-refractivity contribution >= 4 is 5.69 Å². The molecule has 1 aromatic heterocycles. The van der Waals surface area contributed by atoms with Crippen LogP contribution in [-0.2, 0) is 5.41 Å². The number of aromatic nitrogens is 1. The van der Waals surface area contributed by atoms with E-state index in [0.717, 1.165) is 11.4 Å². The van der Waals surface area contributed by atoms with Gasteiger partial charge in [0, 0.05) is 18.0 Å². The molecular weight excluding hydrogens is 224 g/mol. The molecule has 3 nitrogen and oxygen atoms in total. The highest BCUT2D eigenvalue weighted by atomic mass is 16.5. The number of benzene rings is 1. The molecule has 18 heavy (non-hydrogen) atoms. The zero-order chi connectivity index (χ0) is 13.2. The van der Waals surface area contributed by atoms with Crippen LogP contribution in [0.2, 0.25) is 0 Å². The van der Waals surface area contributed by atoms with Crippen molar-refractivity contribution in [3.05, 3.63) is 48.2 Å². The van der Waals surface area contributed by atoms with E-state index in [-0.39, 0.29) is 5.41 Å².